The maximum Gasteiger partial charge on any atom is 0.331 e. The Labute approximate surface area is 157 Å². The number of ether oxygens (including phenoxy) is 3. The van der Waals surface area contributed by atoms with E-state index >= 15 is 0 Å². The zero-order valence-electron chi connectivity index (χ0n) is 15.2. The number of rotatable bonds is 9. The molecule has 0 heterocycles. The fraction of sp³-hybridized carbons (Fsp3) is 0.250. The first-order valence-electron chi connectivity index (χ1n) is 8.51. The highest BCUT2D eigenvalue weighted by Crippen LogP contribution is 2.29. The first-order chi connectivity index (χ1) is 13.0. The molecular formula is C20H21NO6. The molecule has 2 aromatic carbocycles. The van der Waals surface area contributed by atoms with Crippen LogP contribution in [0.1, 0.15) is 25.0 Å². The lowest BCUT2D eigenvalue weighted by atomic mass is 10.2. The Hall–Kier alpha value is -3.35. The Morgan fingerprint density at radius 1 is 1.04 bits per heavy atom. The Balaban J connectivity index is 1.95. The fourth-order valence-electron chi connectivity index (χ4n) is 2.25. The maximum absolute atomic E-state index is 11.9. The Kier molecular flexibility index (Phi) is 7.37. The largest absolute Gasteiger partial charge is 0.490 e. The predicted molar refractivity (Wildman–Crippen MR) is 101 cm³/mol. The summed E-state index contributed by atoms with van der Waals surface area (Å²) in [5.41, 5.74) is 1.43. The quantitative estimate of drug-likeness (QED) is 0.285. The molecule has 142 valence electrons. The highest BCUT2D eigenvalue weighted by atomic mass is 16.6. The Morgan fingerprint density at radius 2 is 1.70 bits per heavy atom. The van der Waals surface area contributed by atoms with E-state index in [0.29, 0.717) is 30.3 Å². The normalized spacial score (nSPS) is 10.6. The van der Waals surface area contributed by atoms with Crippen LogP contribution in [0.25, 0.3) is 6.08 Å². The van der Waals surface area contributed by atoms with E-state index in [9.17, 15) is 14.9 Å². The molecule has 0 atom stereocenters. The van der Waals surface area contributed by atoms with Crippen LogP contribution in [0.4, 0.5) is 5.69 Å². The number of non-ortho nitro benzene ring substituents is 1. The van der Waals surface area contributed by atoms with Crippen molar-refractivity contribution in [2.45, 2.75) is 20.5 Å². The van der Waals surface area contributed by atoms with Crippen molar-refractivity contribution < 1.29 is 23.9 Å². The van der Waals surface area contributed by atoms with E-state index in [1.165, 1.54) is 18.2 Å². The van der Waals surface area contributed by atoms with E-state index in [-0.39, 0.29) is 12.3 Å². The van der Waals surface area contributed by atoms with E-state index in [1.54, 1.807) is 30.3 Å². The standard InChI is InChI=1S/C20H21NO6/c1-3-25-18-11-7-15(13-19(18)26-4-2)8-12-20(22)27-14-16-5-9-17(10-6-16)21(23)24/h5-13H,3-4,14H2,1-2H3/b12-8+. The van der Waals surface area contributed by atoms with Gasteiger partial charge in [0.05, 0.1) is 18.1 Å². The number of carbonyl (C=O) groups is 1. The van der Waals surface area contributed by atoms with Crippen LogP contribution < -0.4 is 9.47 Å². The summed E-state index contributed by atoms with van der Waals surface area (Å²) in [6.07, 6.45) is 2.94. The average molecular weight is 371 g/mol. The molecule has 0 saturated carbocycles. The maximum atomic E-state index is 11.9. The summed E-state index contributed by atoms with van der Waals surface area (Å²) < 4.78 is 16.2. The highest BCUT2D eigenvalue weighted by molar-refractivity contribution is 5.87. The summed E-state index contributed by atoms with van der Waals surface area (Å²) in [6, 6.07) is 11.2. The molecule has 0 amide bonds. The summed E-state index contributed by atoms with van der Waals surface area (Å²) >= 11 is 0. The second-order valence-electron chi connectivity index (χ2n) is 5.44. The molecule has 0 N–H and O–H groups in total. The van der Waals surface area contributed by atoms with Crippen LogP contribution in [0, 0.1) is 10.1 Å². The fourth-order valence-corrected chi connectivity index (χ4v) is 2.25. The van der Waals surface area contributed by atoms with Crippen molar-refractivity contribution in [2.24, 2.45) is 0 Å². The van der Waals surface area contributed by atoms with Gasteiger partial charge in [0, 0.05) is 18.2 Å². The van der Waals surface area contributed by atoms with Crippen molar-refractivity contribution in [2.75, 3.05) is 13.2 Å². The van der Waals surface area contributed by atoms with Gasteiger partial charge in [-0.05, 0) is 55.3 Å². The minimum absolute atomic E-state index is 0.00873. The van der Waals surface area contributed by atoms with Crippen LogP contribution in [-0.4, -0.2) is 24.1 Å². The van der Waals surface area contributed by atoms with Crippen molar-refractivity contribution in [3.05, 3.63) is 69.8 Å². The molecule has 7 nitrogen and oxygen atoms in total. The van der Waals surface area contributed by atoms with Crippen molar-refractivity contribution in [1.82, 2.24) is 0 Å². The van der Waals surface area contributed by atoms with Gasteiger partial charge in [0.15, 0.2) is 11.5 Å². The van der Waals surface area contributed by atoms with Gasteiger partial charge in [-0.15, -0.1) is 0 Å². The number of benzene rings is 2. The van der Waals surface area contributed by atoms with Gasteiger partial charge in [0.2, 0.25) is 0 Å². The lowest BCUT2D eigenvalue weighted by molar-refractivity contribution is -0.384. The average Bonchev–Trinajstić information content (AvgIpc) is 2.67. The molecule has 0 aliphatic carbocycles. The van der Waals surface area contributed by atoms with E-state index < -0.39 is 10.9 Å². The molecule has 7 heteroatoms. The molecule has 27 heavy (non-hydrogen) atoms. The SMILES string of the molecule is CCOc1ccc(/C=C/C(=O)OCc2ccc([N+](=O)[O-])cc2)cc1OCC. The number of nitro groups is 1. The number of nitrogens with zero attached hydrogens (tertiary/aromatic N) is 1. The molecule has 0 aliphatic heterocycles. The topological polar surface area (TPSA) is 87.9 Å². The zero-order chi connectivity index (χ0) is 19.6. The first kappa shape index (κ1) is 20.0. The van der Waals surface area contributed by atoms with E-state index in [0.717, 1.165) is 5.56 Å². The van der Waals surface area contributed by atoms with Gasteiger partial charge in [-0.2, -0.15) is 0 Å². The lowest BCUT2D eigenvalue weighted by Gasteiger charge is -2.11. The van der Waals surface area contributed by atoms with Crippen LogP contribution in [-0.2, 0) is 16.1 Å². The lowest BCUT2D eigenvalue weighted by Crippen LogP contribution is -2.01. The third-order valence-electron chi connectivity index (χ3n) is 3.51. The minimum atomic E-state index is -0.514. The third kappa shape index (κ3) is 6.14. The smallest absolute Gasteiger partial charge is 0.331 e. The molecule has 0 unspecified atom stereocenters. The molecule has 0 spiro atoms. The molecule has 0 saturated heterocycles. The van der Waals surface area contributed by atoms with Crippen molar-refractivity contribution in [3.63, 3.8) is 0 Å². The van der Waals surface area contributed by atoms with Gasteiger partial charge >= 0.3 is 5.97 Å². The van der Waals surface area contributed by atoms with Gasteiger partial charge in [-0.1, -0.05) is 6.07 Å². The summed E-state index contributed by atoms with van der Waals surface area (Å²) in [4.78, 5) is 22.0. The zero-order valence-corrected chi connectivity index (χ0v) is 15.2. The number of hydrogen-bond donors (Lipinski definition) is 0. The molecule has 2 aromatic rings. The number of nitro benzene ring substituents is 1. The number of carbonyl (C=O) groups excluding carboxylic acids is 1. The van der Waals surface area contributed by atoms with Crippen LogP contribution in [0.5, 0.6) is 11.5 Å². The molecule has 0 fully saturated rings. The van der Waals surface area contributed by atoms with Gasteiger partial charge in [0.1, 0.15) is 6.61 Å². The minimum Gasteiger partial charge on any atom is -0.490 e. The molecule has 2 rings (SSSR count). The van der Waals surface area contributed by atoms with Gasteiger partial charge in [-0.25, -0.2) is 4.79 Å². The van der Waals surface area contributed by atoms with E-state index in [2.05, 4.69) is 0 Å². The monoisotopic (exact) mass is 371 g/mol. The molecular weight excluding hydrogens is 350 g/mol. The van der Waals surface area contributed by atoms with Crippen molar-refractivity contribution in [1.29, 1.82) is 0 Å². The predicted octanol–water partition coefficient (Wildman–Crippen LogP) is 4.15. The molecule has 0 aromatic heterocycles. The summed E-state index contributed by atoms with van der Waals surface area (Å²) in [7, 11) is 0. The van der Waals surface area contributed by atoms with E-state index in [4.69, 9.17) is 14.2 Å². The second-order valence-corrected chi connectivity index (χ2v) is 5.44. The molecule has 0 radical (unpaired) electrons. The summed E-state index contributed by atoms with van der Waals surface area (Å²) in [6.45, 7) is 4.85. The van der Waals surface area contributed by atoms with Crippen molar-refractivity contribution >= 4 is 17.7 Å². The highest BCUT2D eigenvalue weighted by Gasteiger charge is 2.07. The van der Waals surface area contributed by atoms with Gasteiger partial charge in [-0.3, -0.25) is 10.1 Å². The van der Waals surface area contributed by atoms with Gasteiger partial charge < -0.3 is 14.2 Å². The van der Waals surface area contributed by atoms with Crippen LogP contribution in [0.3, 0.4) is 0 Å². The van der Waals surface area contributed by atoms with Crippen LogP contribution in [0.15, 0.2) is 48.5 Å². The first-order valence-corrected chi connectivity index (χ1v) is 8.51. The number of hydrogen-bond acceptors (Lipinski definition) is 6. The molecule has 0 bridgehead atoms. The van der Waals surface area contributed by atoms with E-state index in [1.807, 2.05) is 19.9 Å². The summed E-state index contributed by atoms with van der Waals surface area (Å²) in [5, 5.41) is 10.6. The molecule has 0 aliphatic rings. The Bertz CT molecular complexity index is 814. The second kappa shape index (κ2) is 9.96. The Morgan fingerprint density at radius 3 is 2.33 bits per heavy atom. The van der Waals surface area contributed by atoms with Crippen LogP contribution in [0.2, 0.25) is 0 Å². The third-order valence-corrected chi connectivity index (χ3v) is 3.51. The van der Waals surface area contributed by atoms with Crippen molar-refractivity contribution in [3.8, 4) is 11.5 Å². The number of esters is 1. The summed E-state index contributed by atoms with van der Waals surface area (Å²) in [5.74, 6) is 0.748. The van der Waals surface area contributed by atoms with Gasteiger partial charge in [0.25, 0.3) is 5.69 Å². The van der Waals surface area contributed by atoms with Crippen LogP contribution >= 0.6 is 0 Å².